The van der Waals surface area contributed by atoms with Gasteiger partial charge in [-0.05, 0) is 43.9 Å². The molecule has 12 heteroatoms. The van der Waals surface area contributed by atoms with Crippen LogP contribution in [-0.2, 0) is 9.59 Å². The number of aromatic nitrogens is 2. The number of benzene rings is 2. The van der Waals surface area contributed by atoms with Crippen molar-refractivity contribution in [3.63, 3.8) is 0 Å². The van der Waals surface area contributed by atoms with Crippen molar-refractivity contribution in [1.29, 1.82) is 5.26 Å². The molecule has 1 aromatic heterocycles. The molecule has 3 N–H and O–H groups in total. The van der Waals surface area contributed by atoms with Gasteiger partial charge in [-0.2, -0.15) is 5.26 Å². The smallest absolute Gasteiger partial charge is 0.234 e. The number of hydrogen-bond acceptors (Lipinski definition) is 11. The van der Waals surface area contributed by atoms with E-state index in [9.17, 15) is 14.9 Å². The van der Waals surface area contributed by atoms with Crippen molar-refractivity contribution in [1.82, 2.24) is 10.2 Å². The number of ketones is 1. The van der Waals surface area contributed by atoms with Crippen molar-refractivity contribution < 1.29 is 19.1 Å². The van der Waals surface area contributed by atoms with Crippen molar-refractivity contribution in [2.24, 2.45) is 5.73 Å². The number of carbonyl (C=O) groups excluding carboxylic acids is 2. The molecule has 10 nitrogen and oxygen atoms in total. The number of aryl methyl sites for hydroxylation is 2. The summed E-state index contributed by atoms with van der Waals surface area (Å²) in [6, 6.07) is 13.4. The number of allylic oxidation sites excluding steroid dienone is 3. The lowest BCUT2D eigenvalue weighted by molar-refractivity contribution is -0.116. The molecule has 216 valence electrons. The van der Waals surface area contributed by atoms with E-state index in [4.69, 9.17) is 15.2 Å². The fourth-order valence-corrected chi connectivity index (χ4v) is 7.02. The Bertz CT molecular complexity index is 1650. The largest absolute Gasteiger partial charge is 0.497 e. The van der Waals surface area contributed by atoms with E-state index < -0.39 is 5.92 Å². The van der Waals surface area contributed by atoms with Crippen LogP contribution in [0, 0.1) is 25.2 Å². The molecule has 0 spiro atoms. The monoisotopic (exact) mass is 602 g/mol. The highest BCUT2D eigenvalue weighted by Gasteiger charge is 2.42. The Hall–Kier alpha value is -4.34. The molecule has 1 unspecified atom stereocenters. The number of carbonyl (C=O) groups is 2. The number of Topliss-reactive ketones (excluding diaryl/α,β-unsaturated/α-hetero) is 1. The highest BCUT2D eigenvalue weighted by molar-refractivity contribution is 8.01. The summed E-state index contributed by atoms with van der Waals surface area (Å²) in [6.45, 7) is 3.90. The summed E-state index contributed by atoms with van der Waals surface area (Å²) in [4.78, 5) is 27.8. The zero-order valence-electron chi connectivity index (χ0n) is 23.7. The Kier molecular flexibility index (Phi) is 8.51. The maximum absolute atomic E-state index is 13.5. The second-order valence-corrected chi connectivity index (χ2v) is 12.1. The molecule has 0 fully saturated rings. The minimum Gasteiger partial charge on any atom is -0.497 e. The summed E-state index contributed by atoms with van der Waals surface area (Å²) in [5.41, 5.74) is 11.6. The lowest BCUT2D eigenvalue weighted by Gasteiger charge is -2.38. The van der Waals surface area contributed by atoms with Crippen molar-refractivity contribution in [3.05, 3.63) is 75.8 Å². The molecule has 5 rings (SSSR count). The number of para-hydroxylation sites is 1. The summed E-state index contributed by atoms with van der Waals surface area (Å²) >= 11 is 2.51. The molecule has 1 aliphatic carbocycles. The van der Waals surface area contributed by atoms with Gasteiger partial charge in [-0.1, -0.05) is 47.4 Å². The molecule has 0 saturated heterocycles. The van der Waals surface area contributed by atoms with E-state index in [1.807, 2.05) is 32.0 Å². The van der Waals surface area contributed by atoms with Crippen LogP contribution in [0.5, 0.6) is 11.5 Å². The van der Waals surface area contributed by atoms with E-state index in [0.717, 1.165) is 16.8 Å². The van der Waals surface area contributed by atoms with Gasteiger partial charge >= 0.3 is 0 Å². The molecule has 0 saturated carbocycles. The molecule has 2 heterocycles. The first-order valence-electron chi connectivity index (χ1n) is 13.3. The van der Waals surface area contributed by atoms with Gasteiger partial charge in [0, 0.05) is 35.0 Å². The second-order valence-electron chi connectivity index (χ2n) is 9.88. The maximum atomic E-state index is 13.5. The normalized spacial score (nSPS) is 16.7. The molecule has 2 aromatic carbocycles. The molecular weight excluding hydrogens is 573 g/mol. The van der Waals surface area contributed by atoms with Crippen molar-refractivity contribution in [2.75, 3.05) is 30.2 Å². The summed E-state index contributed by atoms with van der Waals surface area (Å²) in [6.07, 6.45) is 1.59. The van der Waals surface area contributed by atoms with Crippen molar-refractivity contribution >= 4 is 45.6 Å². The Morgan fingerprint density at radius 2 is 1.95 bits per heavy atom. The number of amides is 1. The Balaban J connectivity index is 1.45. The van der Waals surface area contributed by atoms with Crippen molar-refractivity contribution in [2.45, 2.75) is 43.4 Å². The molecule has 1 aliphatic heterocycles. The predicted octanol–water partition coefficient (Wildman–Crippen LogP) is 5.21. The van der Waals surface area contributed by atoms with Crippen LogP contribution >= 0.6 is 23.1 Å². The van der Waals surface area contributed by atoms with Crippen LogP contribution in [0.15, 0.2) is 63.4 Å². The first-order chi connectivity index (χ1) is 20.3. The summed E-state index contributed by atoms with van der Waals surface area (Å²) in [5.74, 6) is 0.522. The molecule has 1 atom stereocenters. The number of anilines is 2. The van der Waals surface area contributed by atoms with Crippen LogP contribution in [0.1, 0.15) is 41.9 Å². The predicted molar refractivity (Wildman–Crippen MR) is 163 cm³/mol. The number of thioether (sulfide) groups is 1. The molecule has 42 heavy (non-hydrogen) atoms. The maximum Gasteiger partial charge on any atom is 0.234 e. The van der Waals surface area contributed by atoms with Gasteiger partial charge in [-0.3, -0.25) is 14.5 Å². The number of hydrogen-bond donors (Lipinski definition) is 2. The highest BCUT2D eigenvalue weighted by Crippen LogP contribution is 2.49. The number of methoxy groups -OCH3 is 2. The Labute approximate surface area is 252 Å². The van der Waals surface area contributed by atoms with E-state index >= 15 is 0 Å². The number of rotatable bonds is 8. The van der Waals surface area contributed by atoms with Gasteiger partial charge in [-0.25, -0.2) is 0 Å². The third-order valence-electron chi connectivity index (χ3n) is 7.32. The quantitative estimate of drug-likeness (QED) is 0.330. The fourth-order valence-electron chi connectivity index (χ4n) is 5.34. The Morgan fingerprint density at radius 1 is 1.19 bits per heavy atom. The standard InChI is InChI=1S/C30H30N6O4S2/c1-16-7-5-8-17(2)27(16)33-24(38)15-41-30-35-34-29(42-30)36-21-9-6-10-22(37)26(21)25(20(14-31)28(36)32)19-12-11-18(39-3)13-23(19)40-4/h5,7-8,11-13,25H,6,9-10,15,32H2,1-4H3,(H,33,38). The van der Waals surface area contributed by atoms with E-state index in [1.54, 1.807) is 30.2 Å². The average Bonchev–Trinajstić information content (AvgIpc) is 3.45. The third kappa shape index (κ3) is 5.45. The van der Waals surface area contributed by atoms with Crippen LogP contribution in [0.2, 0.25) is 0 Å². The summed E-state index contributed by atoms with van der Waals surface area (Å²) in [7, 11) is 3.09. The number of nitriles is 1. The molecule has 1 amide bonds. The topological polar surface area (TPSA) is 143 Å². The summed E-state index contributed by atoms with van der Waals surface area (Å²) in [5, 5.41) is 22.4. The van der Waals surface area contributed by atoms with Crippen LogP contribution in [0.4, 0.5) is 10.8 Å². The second kappa shape index (κ2) is 12.3. The number of nitrogens with one attached hydrogen (secondary N) is 1. The number of nitrogens with zero attached hydrogens (tertiary/aromatic N) is 4. The molecule has 3 aromatic rings. The lowest BCUT2D eigenvalue weighted by atomic mass is 9.75. The van der Waals surface area contributed by atoms with Gasteiger partial charge in [-0.15, -0.1) is 10.2 Å². The van der Waals surface area contributed by atoms with Gasteiger partial charge in [0.05, 0.1) is 37.5 Å². The van der Waals surface area contributed by atoms with Crippen LogP contribution in [-0.4, -0.2) is 41.9 Å². The Morgan fingerprint density at radius 3 is 2.64 bits per heavy atom. The van der Waals surface area contributed by atoms with Gasteiger partial charge in [0.15, 0.2) is 10.1 Å². The molecule has 2 aliphatic rings. The molecule has 0 bridgehead atoms. The highest BCUT2D eigenvalue weighted by atomic mass is 32.2. The van der Waals surface area contributed by atoms with Gasteiger partial charge in [0.25, 0.3) is 0 Å². The van der Waals surface area contributed by atoms with Gasteiger partial charge in [0.1, 0.15) is 17.3 Å². The van der Waals surface area contributed by atoms with Crippen LogP contribution in [0.3, 0.4) is 0 Å². The zero-order valence-corrected chi connectivity index (χ0v) is 25.3. The van der Waals surface area contributed by atoms with E-state index in [0.29, 0.717) is 57.1 Å². The average molecular weight is 603 g/mol. The van der Waals surface area contributed by atoms with Crippen LogP contribution in [0.25, 0.3) is 0 Å². The molecule has 0 radical (unpaired) electrons. The molecular formula is C30H30N6O4S2. The number of nitrogens with two attached hydrogens (primary N) is 1. The number of ether oxygens (including phenoxy) is 2. The van der Waals surface area contributed by atoms with Crippen molar-refractivity contribution in [3.8, 4) is 17.6 Å². The first-order valence-corrected chi connectivity index (χ1v) is 15.1. The first kappa shape index (κ1) is 29.2. The van der Waals surface area contributed by atoms with Crippen LogP contribution < -0.4 is 25.4 Å². The van der Waals surface area contributed by atoms with E-state index in [1.165, 1.54) is 30.2 Å². The SMILES string of the molecule is COc1ccc(C2C(C#N)=C(N)N(c3nnc(SCC(=O)Nc4c(C)cccc4C)s3)C3=C2C(=O)CCC3)c(OC)c1. The minimum atomic E-state index is -0.690. The third-order valence-corrected chi connectivity index (χ3v) is 9.37. The zero-order chi connectivity index (χ0) is 30.0. The summed E-state index contributed by atoms with van der Waals surface area (Å²) < 4.78 is 11.5. The van der Waals surface area contributed by atoms with Gasteiger partial charge in [0.2, 0.25) is 11.0 Å². The fraction of sp³-hybridized carbons (Fsp3) is 0.300. The lowest BCUT2D eigenvalue weighted by Crippen LogP contribution is -2.38. The van der Waals surface area contributed by atoms with E-state index in [-0.39, 0.29) is 28.8 Å². The van der Waals surface area contributed by atoms with Gasteiger partial charge < -0.3 is 20.5 Å². The van der Waals surface area contributed by atoms with E-state index in [2.05, 4.69) is 21.6 Å². The minimum absolute atomic E-state index is 0.0494.